The van der Waals surface area contributed by atoms with Gasteiger partial charge in [0.25, 0.3) is 0 Å². The molecule has 2 atom stereocenters. The van der Waals surface area contributed by atoms with Crippen LogP contribution in [0.3, 0.4) is 0 Å². The van der Waals surface area contributed by atoms with Crippen molar-refractivity contribution in [2.24, 2.45) is 4.99 Å². The van der Waals surface area contributed by atoms with Gasteiger partial charge in [-0.3, -0.25) is 4.99 Å². The molecule has 150 valence electrons. The first-order valence-electron chi connectivity index (χ1n) is 9.82. The Hall–Kier alpha value is -2.57. The molecule has 1 aliphatic rings. The zero-order valence-corrected chi connectivity index (χ0v) is 16.3. The average Bonchev–Trinajstić information content (AvgIpc) is 2.73. The maximum absolute atomic E-state index is 10.2. The summed E-state index contributed by atoms with van der Waals surface area (Å²) < 4.78 is 11.3. The molecule has 0 spiro atoms. The molecule has 0 aromatic heterocycles. The standard InChI is InChI=1S/C22H29N3O3/c1-2-23-22(25-20-12-13-28-21-11-7-6-10-19(20)21)24-14-18(26)16-27-15-17-8-4-3-5-9-17/h3-11,18,20,26H,2,12-16H2,1H3,(H2,23,24,25). The van der Waals surface area contributed by atoms with Crippen LogP contribution in [0.25, 0.3) is 0 Å². The molecule has 2 aromatic carbocycles. The van der Waals surface area contributed by atoms with Gasteiger partial charge in [0.15, 0.2) is 5.96 Å². The Morgan fingerprint density at radius 1 is 1.21 bits per heavy atom. The molecule has 6 heteroatoms. The van der Waals surface area contributed by atoms with Crippen LogP contribution < -0.4 is 15.4 Å². The molecule has 3 N–H and O–H groups in total. The molecule has 0 amide bonds. The SMILES string of the molecule is CCNC(=NCC(O)COCc1ccccc1)NC1CCOc2ccccc21. The summed E-state index contributed by atoms with van der Waals surface area (Å²) in [6, 6.07) is 18.1. The summed E-state index contributed by atoms with van der Waals surface area (Å²) in [6.45, 7) is 4.45. The highest BCUT2D eigenvalue weighted by Gasteiger charge is 2.21. The maximum Gasteiger partial charge on any atom is 0.191 e. The normalized spacial score (nSPS) is 17.4. The van der Waals surface area contributed by atoms with Crippen molar-refractivity contribution in [1.82, 2.24) is 10.6 Å². The lowest BCUT2D eigenvalue weighted by Gasteiger charge is -2.28. The minimum atomic E-state index is -0.652. The van der Waals surface area contributed by atoms with Crippen molar-refractivity contribution < 1.29 is 14.6 Å². The molecular formula is C22H29N3O3. The number of nitrogens with one attached hydrogen (secondary N) is 2. The zero-order valence-electron chi connectivity index (χ0n) is 16.3. The lowest BCUT2D eigenvalue weighted by atomic mass is 10.0. The molecule has 0 bridgehead atoms. The van der Waals surface area contributed by atoms with Crippen molar-refractivity contribution in [3.05, 3.63) is 65.7 Å². The Balaban J connectivity index is 1.51. The third kappa shape index (κ3) is 5.97. The van der Waals surface area contributed by atoms with E-state index in [4.69, 9.17) is 9.47 Å². The Bertz CT molecular complexity index is 752. The zero-order chi connectivity index (χ0) is 19.6. The van der Waals surface area contributed by atoms with Gasteiger partial charge in [-0.15, -0.1) is 0 Å². The Morgan fingerprint density at radius 3 is 2.82 bits per heavy atom. The topological polar surface area (TPSA) is 75.1 Å². The lowest BCUT2D eigenvalue weighted by molar-refractivity contribution is 0.0331. The monoisotopic (exact) mass is 383 g/mol. The third-order valence-corrected chi connectivity index (χ3v) is 4.50. The second-order valence-electron chi connectivity index (χ2n) is 6.75. The number of hydrogen-bond acceptors (Lipinski definition) is 4. The molecular weight excluding hydrogens is 354 g/mol. The number of ether oxygens (including phenoxy) is 2. The number of aliphatic hydroxyl groups excluding tert-OH is 1. The van der Waals surface area contributed by atoms with Crippen molar-refractivity contribution in [2.45, 2.75) is 32.1 Å². The molecule has 1 heterocycles. The van der Waals surface area contributed by atoms with E-state index < -0.39 is 6.10 Å². The quantitative estimate of drug-likeness (QED) is 0.483. The molecule has 1 aliphatic heterocycles. The van der Waals surface area contributed by atoms with Crippen LogP contribution in [-0.2, 0) is 11.3 Å². The number of para-hydroxylation sites is 1. The van der Waals surface area contributed by atoms with Gasteiger partial charge in [-0.05, 0) is 18.6 Å². The summed E-state index contributed by atoms with van der Waals surface area (Å²) in [6.07, 6.45) is 0.214. The van der Waals surface area contributed by atoms with Crippen molar-refractivity contribution >= 4 is 5.96 Å². The third-order valence-electron chi connectivity index (χ3n) is 4.50. The lowest BCUT2D eigenvalue weighted by Crippen LogP contribution is -2.41. The summed E-state index contributed by atoms with van der Waals surface area (Å²) in [4.78, 5) is 4.53. The smallest absolute Gasteiger partial charge is 0.191 e. The van der Waals surface area contributed by atoms with E-state index >= 15 is 0 Å². The summed E-state index contributed by atoms with van der Waals surface area (Å²) in [5.41, 5.74) is 2.22. The van der Waals surface area contributed by atoms with Gasteiger partial charge in [-0.1, -0.05) is 48.5 Å². The molecule has 2 aromatic rings. The second kappa shape index (κ2) is 10.7. The van der Waals surface area contributed by atoms with Crippen LogP contribution in [0.1, 0.15) is 30.5 Å². The Morgan fingerprint density at radius 2 is 2.00 bits per heavy atom. The predicted molar refractivity (Wildman–Crippen MR) is 111 cm³/mol. The summed E-state index contributed by atoms with van der Waals surface area (Å²) in [5, 5.41) is 16.9. The van der Waals surface area contributed by atoms with Crippen molar-refractivity contribution in [3.63, 3.8) is 0 Å². The van der Waals surface area contributed by atoms with Crippen LogP contribution in [0, 0.1) is 0 Å². The molecule has 0 fully saturated rings. The van der Waals surface area contributed by atoms with Gasteiger partial charge >= 0.3 is 0 Å². The van der Waals surface area contributed by atoms with Crippen molar-refractivity contribution in [2.75, 3.05) is 26.3 Å². The molecule has 0 radical (unpaired) electrons. The fourth-order valence-electron chi connectivity index (χ4n) is 3.11. The van der Waals surface area contributed by atoms with E-state index in [1.165, 1.54) is 0 Å². The summed E-state index contributed by atoms with van der Waals surface area (Å²) in [7, 11) is 0. The van der Waals surface area contributed by atoms with Gasteiger partial charge in [-0.25, -0.2) is 0 Å². The number of benzene rings is 2. The van der Waals surface area contributed by atoms with Gasteiger partial charge in [0.05, 0.1) is 38.5 Å². The van der Waals surface area contributed by atoms with E-state index in [1.54, 1.807) is 0 Å². The number of hydrogen-bond donors (Lipinski definition) is 3. The highest BCUT2D eigenvalue weighted by atomic mass is 16.5. The maximum atomic E-state index is 10.2. The fraction of sp³-hybridized carbons (Fsp3) is 0.409. The predicted octanol–water partition coefficient (Wildman–Crippen LogP) is 2.64. The van der Waals surface area contributed by atoms with Crippen LogP contribution in [0.4, 0.5) is 0 Å². The van der Waals surface area contributed by atoms with Gasteiger partial charge < -0.3 is 25.2 Å². The Labute approximate surface area is 166 Å². The van der Waals surface area contributed by atoms with E-state index in [-0.39, 0.29) is 19.2 Å². The average molecular weight is 383 g/mol. The number of aliphatic imine (C=N–C) groups is 1. The summed E-state index contributed by atoms with van der Waals surface area (Å²) >= 11 is 0. The minimum Gasteiger partial charge on any atom is -0.493 e. The van der Waals surface area contributed by atoms with E-state index in [0.29, 0.717) is 19.2 Å². The van der Waals surface area contributed by atoms with Crippen LogP contribution in [0.15, 0.2) is 59.6 Å². The van der Waals surface area contributed by atoms with Gasteiger partial charge in [-0.2, -0.15) is 0 Å². The number of rotatable bonds is 8. The number of nitrogens with zero attached hydrogens (tertiary/aromatic N) is 1. The van der Waals surface area contributed by atoms with Crippen molar-refractivity contribution in [3.8, 4) is 5.75 Å². The molecule has 28 heavy (non-hydrogen) atoms. The highest BCUT2D eigenvalue weighted by molar-refractivity contribution is 5.80. The first-order valence-corrected chi connectivity index (χ1v) is 9.82. The fourth-order valence-corrected chi connectivity index (χ4v) is 3.11. The van der Waals surface area contributed by atoms with E-state index in [0.717, 1.165) is 29.8 Å². The first kappa shape index (κ1) is 20.2. The Kier molecular flexibility index (Phi) is 7.70. The first-order chi connectivity index (χ1) is 13.8. The molecule has 2 unspecified atom stereocenters. The number of fused-ring (bicyclic) bond motifs is 1. The number of aliphatic hydroxyl groups is 1. The van der Waals surface area contributed by atoms with Gasteiger partial charge in [0.1, 0.15) is 5.75 Å². The van der Waals surface area contributed by atoms with Crippen LogP contribution in [-0.4, -0.2) is 43.5 Å². The van der Waals surface area contributed by atoms with Gasteiger partial charge in [0, 0.05) is 18.5 Å². The van der Waals surface area contributed by atoms with Gasteiger partial charge in [0.2, 0.25) is 0 Å². The number of guanidine groups is 1. The molecule has 0 saturated heterocycles. The highest BCUT2D eigenvalue weighted by Crippen LogP contribution is 2.31. The molecule has 0 saturated carbocycles. The van der Waals surface area contributed by atoms with E-state index in [9.17, 15) is 5.11 Å². The molecule has 3 rings (SSSR count). The molecule has 0 aliphatic carbocycles. The second-order valence-corrected chi connectivity index (χ2v) is 6.75. The van der Waals surface area contributed by atoms with E-state index in [2.05, 4.69) is 21.7 Å². The van der Waals surface area contributed by atoms with Crippen molar-refractivity contribution in [1.29, 1.82) is 0 Å². The minimum absolute atomic E-state index is 0.134. The molecule has 6 nitrogen and oxygen atoms in total. The summed E-state index contributed by atoms with van der Waals surface area (Å²) in [5.74, 6) is 1.60. The van der Waals surface area contributed by atoms with Crippen LogP contribution in [0.5, 0.6) is 5.75 Å². The van der Waals surface area contributed by atoms with Crippen LogP contribution >= 0.6 is 0 Å². The van der Waals surface area contributed by atoms with E-state index in [1.807, 2.05) is 55.5 Å². The van der Waals surface area contributed by atoms with Crippen LogP contribution in [0.2, 0.25) is 0 Å². The largest absolute Gasteiger partial charge is 0.493 e.